The molecule has 1 aromatic carbocycles. The Morgan fingerprint density at radius 1 is 1.45 bits per heavy atom. The monoisotopic (exact) mass is 320 g/mol. The van der Waals surface area contributed by atoms with Crippen molar-refractivity contribution in [1.82, 2.24) is 4.90 Å². The quantitative estimate of drug-likeness (QED) is 0.929. The second-order valence-corrected chi connectivity index (χ2v) is 5.23. The van der Waals surface area contributed by atoms with Gasteiger partial charge in [-0.05, 0) is 44.4 Å². The smallest absolute Gasteiger partial charge is 0.257 e. The van der Waals surface area contributed by atoms with Crippen molar-refractivity contribution >= 4 is 29.9 Å². The molecule has 0 aromatic heterocycles. The number of benzene rings is 1. The maximum atomic E-state index is 13.9. The first kappa shape index (κ1) is 17.2. The summed E-state index contributed by atoms with van der Waals surface area (Å²) >= 11 is 5.73. The molecule has 0 bridgehead atoms. The molecule has 1 amide bonds. The molecule has 0 radical (unpaired) electrons. The Hall–Kier alpha value is -0.840. The van der Waals surface area contributed by atoms with E-state index in [-0.39, 0.29) is 34.9 Å². The van der Waals surface area contributed by atoms with Crippen molar-refractivity contribution in [2.24, 2.45) is 5.73 Å². The van der Waals surface area contributed by atoms with E-state index >= 15 is 0 Å². The molecule has 112 valence electrons. The van der Waals surface area contributed by atoms with Crippen molar-refractivity contribution < 1.29 is 9.18 Å². The van der Waals surface area contributed by atoms with Gasteiger partial charge in [-0.25, -0.2) is 4.39 Å². The Labute approximate surface area is 129 Å². The van der Waals surface area contributed by atoms with Gasteiger partial charge in [0.15, 0.2) is 5.82 Å². The summed E-state index contributed by atoms with van der Waals surface area (Å²) < 4.78 is 13.9. The van der Waals surface area contributed by atoms with Crippen LogP contribution in [0, 0.1) is 5.82 Å². The molecule has 1 atom stereocenters. The largest absolute Gasteiger partial charge is 0.336 e. The molecular formula is C14H19Cl2FN2O. The van der Waals surface area contributed by atoms with Gasteiger partial charge in [-0.3, -0.25) is 4.79 Å². The fraction of sp³-hybridized carbons (Fsp3) is 0.500. The van der Waals surface area contributed by atoms with Crippen molar-refractivity contribution in [1.29, 1.82) is 0 Å². The molecular weight excluding hydrogens is 302 g/mol. The molecule has 2 rings (SSSR count). The van der Waals surface area contributed by atoms with Crippen molar-refractivity contribution in [2.45, 2.75) is 31.7 Å². The Kier molecular flexibility index (Phi) is 6.72. The van der Waals surface area contributed by atoms with Gasteiger partial charge in [0.05, 0.1) is 10.6 Å². The Morgan fingerprint density at radius 3 is 2.90 bits per heavy atom. The minimum atomic E-state index is -0.633. The van der Waals surface area contributed by atoms with E-state index in [0.717, 1.165) is 25.7 Å². The molecule has 1 heterocycles. The second-order valence-electron chi connectivity index (χ2n) is 4.83. The molecule has 6 heteroatoms. The normalized spacial score (nSPS) is 18.6. The van der Waals surface area contributed by atoms with Crippen LogP contribution in [0.2, 0.25) is 5.02 Å². The molecule has 20 heavy (non-hydrogen) atoms. The third-order valence-electron chi connectivity index (χ3n) is 3.57. The van der Waals surface area contributed by atoms with Crippen molar-refractivity contribution in [2.75, 3.05) is 13.1 Å². The van der Waals surface area contributed by atoms with Crippen LogP contribution < -0.4 is 5.73 Å². The van der Waals surface area contributed by atoms with Gasteiger partial charge in [0.2, 0.25) is 0 Å². The summed E-state index contributed by atoms with van der Waals surface area (Å²) in [5.74, 6) is -0.913. The van der Waals surface area contributed by atoms with Crippen molar-refractivity contribution in [3.8, 4) is 0 Å². The predicted octanol–water partition coefficient (Wildman–Crippen LogP) is 3.24. The number of nitrogens with two attached hydrogens (primary N) is 1. The lowest BCUT2D eigenvalue weighted by Gasteiger charge is -2.35. The average Bonchev–Trinajstić information content (AvgIpc) is 2.42. The van der Waals surface area contributed by atoms with Gasteiger partial charge in [0.1, 0.15) is 0 Å². The number of rotatable bonds is 3. The van der Waals surface area contributed by atoms with Crippen LogP contribution in [-0.4, -0.2) is 29.9 Å². The lowest BCUT2D eigenvalue weighted by molar-refractivity contribution is 0.0600. The van der Waals surface area contributed by atoms with E-state index < -0.39 is 5.82 Å². The van der Waals surface area contributed by atoms with Crippen LogP contribution >= 0.6 is 24.0 Å². The second kappa shape index (κ2) is 7.81. The zero-order chi connectivity index (χ0) is 13.8. The minimum Gasteiger partial charge on any atom is -0.336 e. The standard InChI is InChI=1S/C14H18ClFN2O.ClH/c15-12-6-3-5-11(13(12)16)14(19)18-9-2-1-4-10(18)7-8-17;/h3,5-6,10H,1-2,4,7-9,17H2;1H. The number of halogens is 3. The highest BCUT2D eigenvalue weighted by atomic mass is 35.5. The summed E-state index contributed by atoms with van der Waals surface area (Å²) in [6.07, 6.45) is 3.74. The molecule has 1 fully saturated rings. The van der Waals surface area contributed by atoms with Crippen LogP contribution in [0.3, 0.4) is 0 Å². The number of amides is 1. The number of carbonyl (C=O) groups is 1. The third kappa shape index (κ3) is 3.62. The highest BCUT2D eigenvalue weighted by Gasteiger charge is 2.28. The molecule has 3 nitrogen and oxygen atoms in total. The molecule has 1 aromatic rings. The van der Waals surface area contributed by atoms with E-state index in [9.17, 15) is 9.18 Å². The van der Waals surface area contributed by atoms with Gasteiger partial charge >= 0.3 is 0 Å². The summed E-state index contributed by atoms with van der Waals surface area (Å²) in [5.41, 5.74) is 5.63. The number of hydrogen-bond acceptors (Lipinski definition) is 2. The summed E-state index contributed by atoms with van der Waals surface area (Å²) in [7, 11) is 0. The lowest BCUT2D eigenvalue weighted by Crippen LogP contribution is -2.44. The predicted molar refractivity (Wildman–Crippen MR) is 81.0 cm³/mol. The maximum absolute atomic E-state index is 13.9. The molecule has 1 aliphatic heterocycles. The summed E-state index contributed by atoms with van der Waals surface area (Å²) in [6.45, 7) is 1.20. The minimum absolute atomic E-state index is 0. The van der Waals surface area contributed by atoms with Gasteiger partial charge in [-0.15, -0.1) is 12.4 Å². The maximum Gasteiger partial charge on any atom is 0.257 e. The van der Waals surface area contributed by atoms with Crippen LogP contribution in [0.15, 0.2) is 18.2 Å². The van der Waals surface area contributed by atoms with E-state index in [4.69, 9.17) is 17.3 Å². The molecule has 1 unspecified atom stereocenters. The van der Waals surface area contributed by atoms with Gasteiger partial charge in [-0.2, -0.15) is 0 Å². The number of nitrogens with zero attached hydrogens (tertiary/aromatic N) is 1. The average molecular weight is 321 g/mol. The fourth-order valence-corrected chi connectivity index (χ4v) is 2.76. The number of likely N-dealkylation sites (tertiary alicyclic amines) is 1. The van der Waals surface area contributed by atoms with E-state index in [1.807, 2.05) is 0 Å². The van der Waals surface area contributed by atoms with E-state index in [0.29, 0.717) is 13.1 Å². The molecule has 1 saturated heterocycles. The summed E-state index contributed by atoms with van der Waals surface area (Å²) in [5, 5.41) is -0.0155. The highest BCUT2D eigenvalue weighted by molar-refractivity contribution is 6.31. The van der Waals surface area contributed by atoms with Crippen LogP contribution in [-0.2, 0) is 0 Å². The van der Waals surface area contributed by atoms with Crippen molar-refractivity contribution in [3.63, 3.8) is 0 Å². The van der Waals surface area contributed by atoms with E-state index in [1.165, 1.54) is 12.1 Å². The first-order valence-electron chi connectivity index (χ1n) is 6.60. The summed E-state index contributed by atoms with van der Waals surface area (Å²) in [4.78, 5) is 14.2. The van der Waals surface area contributed by atoms with Gasteiger partial charge in [0, 0.05) is 12.6 Å². The van der Waals surface area contributed by atoms with Crippen LogP contribution in [0.25, 0.3) is 0 Å². The van der Waals surface area contributed by atoms with E-state index in [1.54, 1.807) is 11.0 Å². The Balaban J connectivity index is 0.00000200. The van der Waals surface area contributed by atoms with Crippen LogP contribution in [0.1, 0.15) is 36.0 Å². The molecule has 0 saturated carbocycles. The number of hydrogen-bond donors (Lipinski definition) is 1. The van der Waals surface area contributed by atoms with Gasteiger partial charge in [0.25, 0.3) is 5.91 Å². The zero-order valence-corrected chi connectivity index (χ0v) is 12.7. The SMILES string of the molecule is Cl.NCCC1CCCCN1C(=O)c1cccc(Cl)c1F. The lowest BCUT2D eigenvalue weighted by atomic mass is 9.98. The Morgan fingerprint density at radius 2 is 2.20 bits per heavy atom. The third-order valence-corrected chi connectivity index (χ3v) is 3.86. The first-order valence-corrected chi connectivity index (χ1v) is 6.98. The van der Waals surface area contributed by atoms with Crippen molar-refractivity contribution in [3.05, 3.63) is 34.6 Å². The van der Waals surface area contributed by atoms with E-state index in [2.05, 4.69) is 0 Å². The zero-order valence-electron chi connectivity index (χ0n) is 11.1. The Bertz CT molecular complexity index is 468. The molecule has 2 N–H and O–H groups in total. The topological polar surface area (TPSA) is 46.3 Å². The van der Waals surface area contributed by atoms with Gasteiger partial charge < -0.3 is 10.6 Å². The highest BCUT2D eigenvalue weighted by Crippen LogP contribution is 2.24. The number of carbonyl (C=O) groups excluding carboxylic acids is 1. The molecule has 1 aliphatic rings. The van der Waals surface area contributed by atoms with Crippen LogP contribution in [0.5, 0.6) is 0 Å². The molecule has 0 aliphatic carbocycles. The molecule has 0 spiro atoms. The van der Waals surface area contributed by atoms with Crippen LogP contribution in [0.4, 0.5) is 4.39 Å². The first-order chi connectivity index (χ1) is 9.15. The van der Waals surface area contributed by atoms with Gasteiger partial charge in [-0.1, -0.05) is 17.7 Å². The fourth-order valence-electron chi connectivity index (χ4n) is 2.58. The number of piperidine rings is 1. The summed E-state index contributed by atoms with van der Waals surface area (Å²) in [6, 6.07) is 4.64.